The molecule has 0 spiro atoms. The van der Waals surface area contributed by atoms with Gasteiger partial charge in [-0.25, -0.2) is 22.9 Å². The Hall–Kier alpha value is -3.65. The van der Waals surface area contributed by atoms with Gasteiger partial charge < -0.3 is 10.6 Å². The number of rotatable bonds is 10. The maximum atomic E-state index is 13.8. The highest BCUT2D eigenvalue weighted by atomic mass is 19.4. The van der Waals surface area contributed by atoms with Crippen LogP contribution in [0, 0.1) is 24.2 Å². The maximum Gasteiger partial charge on any atom is 0.394 e. The molecule has 2 atom stereocenters. The van der Waals surface area contributed by atoms with Gasteiger partial charge in [0.15, 0.2) is 11.3 Å². The smallest absolute Gasteiger partial charge is 0.349 e. The summed E-state index contributed by atoms with van der Waals surface area (Å²) >= 11 is 0. The number of hydrogen-bond donors (Lipinski definition) is 2. The van der Waals surface area contributed by atoms with Gasteiger partial charge in [0.2, 0.25) is 11.8 Å². The molecule has 10 nitrogen and oxygen atoms in total. The third kappa shape index (κ3) is 6.32. The van der Waals surface area contributed by atoms with E-state index in [1.807, 2.05) is 0 Å². The van der Waals surface area contributed by atoms with Crippen LogP contribution in [0.4, 0.5) is 22.0 Å². The van der Waals surface area contributed by atoms with E-state index in [1.54, 1.807) is 6.07 Å². The number of nitrogens with zero attached hydrogens (tertiary/aromatic N) is 5. The van der Waals surface area contributed by atoms with E-state index in [0.717, 1.165) is 26.7 Å². The van der Waals surface area contributed by atoms with Gasteiger partial charge in [0.25, 0.3) is 5.91 Å². The van der Waals surface area contributed by atoms with E-state index in [0.29, 0.717) is 11.2 Å². The molecule has 3 heterocycles. The molecule has 1 unspecified atom stereocenters. The molecule has 0 aromatic carbocycles. The van der Waals surface area contributed by atoms with Gasteiger partial charge in [-0.15, -0.1) is 0 Å². The van der Waals surface area contributed by atoms with E-state index in [9.17, 15) is 31.5 Å². The molecule has 0 saturated heterocycles. The molecule has 2 fully saturated rings. The van der Waals surface area contributed by atoms with E-state index >= 15 is 0 Å². The van der Waals surface area contributed by atoms with Gasteiger partial charge in [0.1, 0.15) is 5.69 Å². The van der Waals surface area contributed by atoms with Crippen molar-refractivity contribution in [3.8, 4) is 0 Å². The molecular weight excluding hydrogens is 553 g/mol. The van der Waals surface area contributed by atoms with Crippen LogP contribution in [0.25, 0.3) is 5.65 Å². The maximum absolute atomic E-state index is 13.8. The van der Waals surface area contributed by atoms with Crippen molar-refractivity contribution in [2.24, 2.45) is 17.3 Å². The van der Waals surface area contributed by atoms with Crippen LogP contribution < -0.4 is 10.6 Å². The Bertz CT molecular complexity index is 1440. The van der Waals surface area contributed by atoms with E-state index in [2.05, 4.69) is 35.7 Å². The molecule has 2 N–H and O–H groups in total. The fourth-order valence-electron chi connectivity index (χ4n) is 5.09. The lowest BCUT2D eigenvalue weighted by molar-refractivity contribution is -0.215. The van der Waals surface area contributed by atoms with Gasteiger partial charge in [-0.1, -0.05) is 19.0 Å². The number of imidazole rings is 1. The van der Waals surface area contributed by atoms with Crippen molar-refractivity contribution in [3.63, 3.8) is 0 Å². The lowest BCUT2D eigenvalue weighted by Crippen LogP contribution is -2.39. The van der Waals surface area contributed by atoms with Crippen LogP contribution in [0.1, 0.15) is 91.9 Å². The summed E-state index contributed by atoms with van der Waals surface area (Å²) in [6.45, 7) is 3.55. The van der Waals surface area contributed by atoms with Gasteiger partial charge in [-0.2, -0.15) is 18.3 Å². The number of alkyl halides is 5. The minimum Gasteiger partial charge on any atom is -0.349 e. The van der Waals surface area contributed by atoms with Crippen molar-refractivity contribution in [2.75, 3.05) is 0 Å². The molecule has 2 aliphatic rings. The summed E-state index contributed by atoms with van der Waals surface area (Å²) in [6, 6.07) is 0.111. The first-order valence-electron chi connectivity index (χ1n) is 13.3. The zero-order valence-electron chi connectivity index (χ0n) is 22.6. The molecule has 3 aromatic rings. The van der Waals surface area contributed by atoms with Crippen LogP contribution in [0.2, 0.25) is 0 Å². The topological polar surface area (TPSA) is 127 Å². The quantitative estimate of drug-likeness (QED) is 0.326. The second kappa shape index (κ2) is 10.3. The normalized spacial score (nSPS) is 19.0. The van der Waals surface area contributed by atoms with Crippen molar-refractivity contribution in [1.29, 1.82) is 0 Å². The molecule has 0 radical (unpaired) electrons. The number of aromatic nitrogens is 5. The standard InChI is InChI=1S/C26H30F5N7O3/c1-13-21(37-41-36-13)23(40)34-17(10-24(2,3)26(29,30)31)18-12-38-19(33-18)7-16(11-32-38)22(15-4-5-15)35-20(39)6-14-8-25(27,28)9-14/h7,11-12,14-15,17,22H,4-6,8-10H2,1-3H3,(H,34,40)(H,35,39)/t17-,22?/m0/s1. The monoisotopic (exact) mass is 583 g/mol. The van der Waals surface area contributed by atoms with Crippen LogP contribution in [0.15, 0.2) is 23.1 Å². The summed E-state index contributed by atoms with van der Waals surface area (Å²) in [6.07, 6.45) is -0.950. The number of carbonyl (C=O) groups excluding carboxylic acids is 2. The minimum absolute atomic E-state index is 0.0128. The average Bonchev–Trinajstić information content (AvgIpc) is 3.45. The Morgan fingerprint density at radius 2 is 1.88 bits per heavy atom. The highest BCUT2D eigenvalue weighted by Crippen LogP contribution is 2.46. The summed E-state index contributed by atoms with van der Waals surface area (Å²) in [4.78, 5) is 30.0. The van der Waals surface area contributed by atoms with Crippen molar-refractivity contribution >= 4 is 17.5 Å². The summed E-state index contributed by atoms with van der Waals surface area (Å²) in [5, 5.41) is 16.9. The van der Waals surface area contributed by atoms with Crippen LogP contribution in [0.5, 0.6) is 0 Å². The first-order chi connectivity index (χ1) is 19.1. The SMILES string of the molecule is Cc1nonc1C(=O)N[C@@H](CC(C)(C)C(F)(F)F)c1cn2ncc(C(NC(=O)CC3CC(F)(F)C3)C3CC3)cc2n1. The highest BCUT2D eigenvalue weighted by molar-refractivity contribution is 5.93. The van der Waals surface area contributed by atoms with Crippen LogP contribution in [0.3, 0.4) is 0 Å². The minimum atomic E-state index is -4.56. The van der Waals surface area contributed by atoms with Gasteiger partial charge in [0, 0.05) is 19.3 Å². The number of hydrogen-bond acceptors (Lipinski definition) is 7. The fourth-order valence-corrected chi connectivity index (χ4v) is 5.09. The number of aryl methyl sites for hydroxylation is 1. The van der Waals surface area contributed by atoms with Gasteiger partial charge >= 0.3 is 6.18 Å². The Morgan fingerprint density at radius 1 is 1.17 bits per heavy atom. The van der Waals surface area contributed by atoms with Crippen molar-refractivity contribution in [2.45, 2.75) is 83.5 Å². The number of amides is 2. The molecule has 2 saturated carbocycles. The van der Waals surface area contributed by atoms with Crippen LogP contribution in [-0.2, 0) is 4.79 Å². The molecule has 41 heavy (non-hydrogen) atoms. The summed E-state index contributed by atoms with van der Waals surface area (Å²) in [7, 11) is 0. The number of nitrogens with one attached hydrogen (secondary N) is 2. The zero-order valence-corrected chi connectivity index (χ0v) is 22.6. The largest absolute Gasteiger partial charge is 0.394 e. The summed E-state index contributed by atoms with van der Waals surface area (Å²) < 4.78 is 73.7. The van der Waals surface area contributed by atoms with E-state index in [1.165, 1.54) is 23.8 Å². The van der Waals surface area contributed by atoms with E-state index < -0.39 is 41.9 Å². The van der Waals surface area contributed by atoms with Crippen molar-refractivity contribution in [3.05, 3.63) is 41.1 Å². The Kier molecular flexibility index (Phi) is 7.26. The molecular formula is C26H30F5N7O3. The van der Waals surface area contributed by atoms with Gasteiger partial charge in [-0.3, -0.25) is 9.59 Å². The number of halogens is 5. The second-order valence-electron chi connectivity index (χ2n) is 11.8. The lowest BCUT2D eigenvalue weighted by Gasteiger charge is -2.34. The van der Waals surface area contributed by atoms with Crippen LogP contribution in [-0.4, -0.2) is 48.8 Å². The molecule has 15 heteroatoms. The Morgan fingerprint density at radius 3 is 2.46 bits per heavy atom. The first-order valence-corrected chi connectivity index (χ1v) is 13.3. The molecule has 0 bridgehead atoms. The molecule has 222 valence electrons. The average molecular weight is 584 g/mol. The zero-order chi connectivity index (χ0) is 29.7. The molecule has 3 aromatic heterocycles. The molecule has 2 amide bonds. The molecule has 0 aliphatic heterocycles. The van der Waals surface area contributed by atoms with Gasteiger partial charge in [-0.05, 0) is 54.8 Å². The summed E-state index contributed by atoms with van der Waals surface area (Å²) in [5.74, 6) is -3.99. The van der Waals surface area contributed by atoms with Crippen molar-refractivity contribution in [1.82, 2.24) is 35.5 Å². The third-order valence-corrected chi connectivity index (χ3v) is 7.79. The van der Waals surface area contributed by atoms with E-state index in [-0.39, 0.29) is 54.1 Å². The Balaban J connectivity index is 1.38. The third-order valence-electron chi connectivity index (χ3n) is 7.79. The molecule has 2 aliphatic carbocycles. The van der Waals surface area contributed by atoms with Crippen LogP contribution >= 0.6 is 0 Å². The summed E-state index contributed by atoms with van der Waals surface area (Å²) in [5.41, 5.74) is -1.06. The predicted octanol–water partition coefficient (Wildman–Crippen LogP) is 4.87. The highest BCUT2D eigenvalue weighted by Gasteiger charge is 2.49. The number of fused-ring (bicyclic) bond motifs is 1. The second-order valence-corrected chi connectivity index (χ2v) is 11.8. The van der Waals surface area contributed by atoms with Crippen molar-refractivity contribution < 1.29 is 36.2 Å². The first kappa shape index (κ1) is 28.9. The predicted molar refractivity (Wildman–Crippen MR) is 133 cm³/mol. The van der Waals surface area contributed by atoms with E-state index in [4.69, 9.17) is 0 Å². The fraction of sp³-hybridized carbons (Fsp3) is 0.615. The lowest BCUT2D eigenvalue weighted by atomic mass is 9.79. The molecule has 5 rings (SSSR count). The van der Waals surface area contributed by atoms with Gasteiger partial charge in [0.05, 0.1) is 35.6 Å². The number of carbonyl (C=O) groups is 2. The Labute approximate surface area is 231 Å².